The van der Waals surface area contributed by atoms with Gasteiger partial charge in [-0.3, -0.25) is 0 Å². The largest absolute Gasteiger partial charge is 0.370 e. The first-order valence-corrected chi connectivity index (χ1v) is 9.57. The van der Waals surface area contributed by atoms with Gasteiger partial charge in [-0.1, -0.05) is 18.2 Å². The smallest absolute Gasteiger partial charge is 0.214 e. The Bertz CT molecular complexity index is 601. The maximum Gasteiger partial charge on any atom is 0.214 e. The SMILES string of the molecule is CCS(=O)(=O)N1CCO[C@]2(CCCN(c3ccccc3)C2)C1. The molecule has 0 aliphatic carbocycles. The van der Waals surface area contributed by atoms with Crippen molar-refractivity contribution >= 4 is 15.7 Å². The molecule has 2 heterocycles. The molecule has 0 radical (unpaired) electrons. The van der Waals surface area contributed by atoms with Gasteiger partial charge < -0.3 is 9.64 Å². The number of ether oxygens (including phenoxy) is 1. The molecule has 6 heteroatoms. The van der Waals surface area contributed by atoms with E-state index in [0.29, 0.717) is 19.7 Å². The molecule has 0 N–H and O–H groups in total. The third-order valence-corrected chi connectivity index (χ3v) is 6.46. The molecule has 2 saturated heterocycles. The number of piperidine rings is 1. The molecular formula is C16H24N2O3S. The number of anilines is 1. The summed E-state index contributed by atoms with van der Waals surface area (Å²) in [5.41, 5.74) is 0.815. The summed E-state index contributed by atoms with van der Waals surface area (Å²) in [7, 11) is -3.14. The first-order valence-electron chi connectivity index (χ1n) is 7.96. The molecular weight excluding hydrogens is 300 g/mol. The Balaban J connectivity index is 1.78. The second kappa shape index (κ2) is 6.18. The molecule has 1 atom stereocenters. The predicted molar refractivity (Wildman–Crippen MR) is 87.6 cm³/mol. The van der Waals surface area contributed by atoms with Gasteiger partial charge in [0.2, 0.25) is 10.0 Å². The summed E-state index contributed by atoms with van der Waals surface area (Å²) in [6.45, 7) is 4.90. The molecule has 0 amide bonds. The highest BCUT2D eigenvalue weighted by atomic mass is 32.2. The minimum atomic E-state index is -3.14. The Labute approximate surface area is 132 Å². The second-order valence-corrected chi connectivity index (χ2v) is 8.38. The molecule has 1 aromatic carbocycles. The summed E-state index contributed by atoms with van der Waals surface area (Å²) in [6, 6.07) is 10.3. The Kier molecular flexibility index (Phi) is 4.43. The lowest BCUT2D eigenvalue weighted by Gasteiger charge is -2.48. The minimum absolute atomic E-state index is 0.158. The summed E-state index contributed by atoms with van der Waals surface area (Å²) in [4.78, 5) is 2.31. The molecule has 2 aliphatic heterocycles. The van der Waals surface area contributed by atoms with Gasteiger partial charge in [0, 0.05) is 31.9 Å². The molecule has 0 aromatic heterocycles. The van der Waals surface area contributed by atoms with Crippen LogP contribution >= 0.6 is 0 Å². The topological polar surface area (TPSA) is 49.9 Å². The Hall–Kier alpha value is -1.11. The van der Waals surface area contributed by atoms with Crippen LogP contribution < -0.4 is 4.90 Å². The van der Waals surface area contributed by atoms with Crippen molar-refractivity contribution in [3.63, 3.8) is 0 Å². The lowest BCUT2D eigenvalue weighted by Crippen LogP contribution is -2.61. The fourth-order valence-corrected chi connectivity index (χ4v) is 4.58. The van der Waals surface area contributed by atoms with Crippen LogP contribution in [0.2, 0.25) is 0 Å². The quantitative estimate of drug-likeness (QED) is 0.849. The van der Waals surface area contributed by atoms with Crippen LogP contribution in [0.4, 0.5) is 5.69 Å². The lowest BCUT2D eigenvalue weighted by atomic mass is 9.91. The van der Waals surface area contributed by atoms with Gasteiger partial charge in [0.25, 0.3) is 0 Å². The Morgan fingerprint density at radius 2 is 1.95 bits per heavy atom. The van der Waals surface area contributed by atoms with Gasteiger partial charge in [0.05, 0.1) is 18.0 Å². The fourth-order valence-electron chi connectivity index (χ4n) is 3.43. The number of hydrogen-bond acceptors (Lipinski definition) is 4. The maximum atomic E-state index is 12.2. The van der Waals surface area contributed by atoms with Crippen molar-refractivity contribution in [2.75, 3.05) is 43.4 Å². The van der Waals surface area contributed by atoms with E-state index in [-0.39, 0.29) is 11.4 Å². The third-order valence-electron chi connectivity index (χ3n) is 4.63. The number of nitrogens with zero attached hydrogens (tertiary/aromatic N) is 2. The van der Waals surface area contributed by atoms with Gasteiger partial charge in [-0.15, -0.1) is 0 Å². The van der Waals surface area contributed by atoms with E-state index in [9.17, 15) is 8.42 Å². The first-order chi connectivity index (χ1) is 10.5. The van der Waals surface area contributed by atoms with Crippen LogP contribution in [0.25, 0.3) is 0 Å². The number of rotatable bonds is 3. The molecule has 0 unspecified atom stereocenters. The molecule has 2 fully saturated rings. The molecule has 1 aromatic rings. The van der Waals surface area contributed by atoms with Gasteiger partial charge in [-0.2, -0.15) is 4.31 Å². The number of para-hydroxylation sites is 1. The average molecular weight is 324 g/mol. The number of benzene rings is 1. The second-order valence-electron chi connectivity index (χ2n) is 6.13. The average Bonchev–Trinajstić information content (AvgIpc) is 2.56. The van der Waals surface area contributed by atoms with Crippen LogP contribution in [-0.4, -0.2) is 56.9 Å². The van der Waals surface area contributed by atoms with Crippen molar-refractivity contribution in [2.24, 2.45) is 0 Å². The fraction of sp³-hybridized carbons (Fsp3) is 0.625. The number of hydrogen-bond donors (Lipinski definition) is 0. The molecule has 0 bridgehead atoms. The predicted octanol–water partition coefficient (Wildman–Crippen LogP) is 1.71. The molecule has 5 nitrogen and oxygen atoms in total. The van der Waals surface area contributed by atoms with Gasteiger partial charge in [-0.05, 0) is 31.9 Å². The van der Waals surface area contributed by atoms with Crippen molar-refractivity contribution in [1.29, 1.82) is 0 Å². The zero-order valence-corrected chi connectivity index (χ0v) is 13.9. The van der Waals surface area contributed by atoms with E-state index in [4.69, 9.17) is 4.74 Å². The van der Waals surface area contributed by atoms with Crippen LogP contribution in [0, 0.1) is 0 Å². The highest BCUT2D eigenvalue weighted by Gasteiger charge is 2.43. The van der Waals surface area contributed by atoms with Crippen molar-refractivity contribution in [3.8, 4) is 0 Å². The van der Waals surface area contributed by atoms with Crippen molar-refractivity contribution in [1.82, 2.24) is 4.31 Å². The van der Waals surface area contributed by atoms with E-state index in [1.165, 1.54) is 5.69 Å². The third kappa shape index (κ3) is 3.14. The number of morpholine rings is 1. The maximum absolute atomic E-state index is 12.2. The van der Waals surface area contributed by atoms with E-state index in [1.807, 2.05) is 18.2 Å². The van der Waals surface area contributed by atoms with Crippen molar-refractivity contribution < 1.29 is 13.2 Å². The van der Waals surface area contributed by atoms with Crippen molar-refractivity contribution in [3.05, 3.63) is 30.3 Å². The summed E-state index contributed by atoms with van der Waals surface area (Å²) in [5, 5.41) is 0. The highest BCUT2D eigenvalue weighted by molar-refractivity contribution is 7.89. The minimum Gasteiger partial charge on any atom is -0.370 e. The van der Waals surface area contributed by atoms with Crippen LogP contribution in [0.5, 0.6) is 0 Å². The summed E-state index contributed by atoms with van der Waals surface area (Å²) < 4.78 is 32.1. The van der Waals surface area contributed by atoms with Gasteiger partial charge in [0.1, 0.15) is 0 Å². The summed E-state index contributed by atoms with van der Waals surface area (Å²) in [5.74, 6) is 0.158. The van der Waals surface area contributed by atoms with E-state index in [0.717, 1.165) is 25.9 Å². The number of sulfonamides is 1. The van der Waals surface area contributed by atoms with Crippen LogP contribution in [0.1, 0.15) is 19.8 Å². The highest BCUT2D eigenvalue weighted by Crippen LogP contribution is 2.32. The molecule has 0 saturated carbocycles. The first kappa shape index (κ1) is 15.8. The molecule has 1 spiro atoms. The Morgan fingerprint density at radius 3 is 2.68 bits per heavy atom. The van der Waals surface area contributed by atoms with E-state index in [2.05, 4.69) is 17.0 Å². The summed E-state index contributed by atoms with van der Waals surface area (Å²) in [6.07, 6.45) is 1.95. The molecule has 22 heavy (non-hydrogen) atoms. The van der Waals surface area contributed by atoms with Crippen LogP contribution in [0.3, 0.4) is 0 Å². The van der Waals surface area contributed by atoms with E-state index < -0.39 is 10.0 Å². The molecule has 3 rings (SSSR count). The van der Waals surface area contributed by atoms with E-state index >= 15 is 0 Å². The van der Waals surface area contributed by atoms with E-state index in [1.54, 1.807) is 11.2 Å². The van der Waals surface area contributed by atoms with Crippen LogP contribution in [-0.2, 0) is 14.8 Å². The van der Waals surface area contributed by atoms with Gasteiger partial charge in [-0.25, -0.2) is 8.42 Å². The van der Waals surface area contributed by atoms with Crippen LogP contribution in [0.15, 0.2) is 30.3 Å². The normalized spacial score (nSPS) is 27.2. The Morgan fingerprint density at radius 1 is 1.18 bits per heavy atom. The molecule has 2 aliphatic rings. The monoisotopic (exact) mass is 324 g/mol. The van der Waals surface area contributed by atoms with Gasteiger partial charge >= 0.3 is 0 Å². The van der Waals surface area contributed by atoms with Gasteiger partial charge in [0.15, 0.2) is 0 Å². The standard InChI is InChI=1S/C16H24N2O3S/c1-2-22(19,20)18-11-12-21-16(14-18)9-6-10-17(13-16)15-7-4-3-5-8-15/h3-5,7-8H,2,6,9-14H2,1H3/t16-/m0/s1. The zero-order chi connectivity index (χ0) is 15.6. The lowest BCUT2D eigenvalue weighted by molar-refractivity contribution is -0.0949. The summed E-state index contributed by atoms with van der Waals surface area (Å²) >= 11 is 0. The molecule has 122 valence electrons. The van der Waals surface area contributed by atoms with Crippen molar-refractivity contribution in [2.45, 2.75) is 25.4 Å². The zero-order valence-electron chi connectivity index (χ0n) is 13.1.